The maximum Gasteiger partial charge on any atom is 0.243 e. The molecule has 0 bridgehead atoms. The zero-order valence-corrected chi connectivity index (χ0v) is 17.3. The summed E-state index contributed by atoms with van der Waals surface area (Å²) < 4.78 is 33.0. The van der Waals surface area contributed by atoms with Crippen LogP contribution in [0.15, 0.2) is 70.1 Å². The summed E-state index contributed by atoms with van der Waals surface area (Å²) in [6.45, 7) is 5.09. The van der Waals surface area contributed by atoms with Crippen LogP contribution in [0.2, 0.25) is 0 Å². The lowest BCUT2D eigenvalue weighted by Gasteiger charge is -2.21. The van der Waals surface area contributed by atoms with Crippen LogP contribution in [0.3, 0.4) is 0 Å². The average Bonchev–Trinajstić information content (AvgIpc) is 3.06. The number of aryl methyl sites for hydroxylation is 1. The monoisotopic (exact) mass is 411 g/mol. The van der Waals surface area contributed by atoms with Crippen LogP contribution in [0.1, 0.15) is 17.7 Å². The Morgan fingerprint density at radius 2 is 1.72 bits per heavy atom. The van der Waals surface area contributed by atoms with E-state index in [0.717, 1.165) is 35.5 Å². The number of hydrogen-bond acceptors (Lipinski definition) is 5. The van der Waals surface area contributed by atoms with E-state index in [2.05, 4.69) is 10.1 Å². The third kappa shape index (κ3) is 4.58. The van der Waals surface area contributed by atoms with Crippen molar-refractivity contribution in [1.29, 1.82) is 0 Å². The molecule has 1 fully saturated rings. The minimum absolute atomic E-state index is 0.362. The highest BCUT2D eigenvalue weighted by Crippen LogP contribution is 2.22. The Hall–Kier alpha value is -2.48. The standard InChI is InChI=1S/C22H25N3O3S/c1-18-8-10-21(11-9-18)29(26,27)25-13-5-12-24(14-15-25)17-20-16-22(28-23-20)19-6-3-2-4-7-19/h2-4,6-11,16H,5,12-15,17H2,1H3. The van der Waals surface area contributed by atoms with Gasteiger partial charge in [-0.25, -0.2) is 8.42 Å². The number of hydrogen-bond donors (Lipinski definition) is 0. The predicted octanol–water partition coefficient (Wildman–Crippen LogP) is 3.55. The molecular weight excluding hydrogens is 386 g/mol. The van der Waals surface area contributed by atoms with Crippen molar-refractivity contribution in [2.75, 3.05) is 26.2 Å². The van der Waals surface area contributed by atoms with E-state index in [4.69, 9.17) is 4.52 Å². The lowest BCUT2D eigenvalue weighted by atomic mass is 10.1. The van der Waals surface area contributed by atoms with Crippen molar-refractivity contribution in [2.24, 2.45) is 0 Å². The minimum Gasteiger partial charge on any atom is -0.356 e. The van der Waals surface area contributed by atoms with Crippen LogP contribution in [-0.4, -0.2) is 49.0 Å². The topological polar surface area (TPSA) is 66.7 Å². The molecule has 1 aliphatic heterocycles. The normalized spacial score (nSPS) is 16.6. The zero-order valence-electron chi connectivity index (χ0n) is 16.5. The lowest BCUT2D eigenvalue weighted by Crippen LogP contribution is -2.35. The SMILES string of the molecule is Cc1ccc(S(=O)(=O)N2CCCN(Cc3cc(-c4ccccc4)on3)CC2)cc1. The molecule has 152 valence electrons. The van der Waals surface area contributed by atoms with Gasteiger partial charge in [-0.1, -0.05) is 53.2 Å². The largest absolute Gasteiger partial charge is 0.356 e. The molecule has 29 heavy (non-hydrogen) atoms. The van der Waals surface area contributed by atoms with Crippen LogP contribution in [0.25, 0.3) is 11.3 Å². The molecule has 1 aliphatic rings. The smallest absolute Gasteiger partial charge is 0.243 e. The van der Waals surface area contributed by atoms with Crippen LogP contribution in [-0.2, 0) is 16.6 Å². The maximum atomic E-state index is 13.0. The van der Waals surface area contributed by atoms with Crippen LogP contribution >= 0.6 is 0 Å². The Balaban J connectivity index is 1.40. The molecule has 6 nitrogen and oxygen atoms in total. The first-order valence-corrected chi connectivity index (χ1v) is 11.3. The van der Waals surface area contributed by atoms with Crippen molar-refractivity contribution >= 4 is 10.0 Å². The average molecular weight is 412 g/mol. The fourth-order valence-electron chi connectivity index (χ4n) is 3.56. The van der Waals surface area contributed by atoms with Crippen molar-refractivity contribution < 1.29 is 12.9 Å². The van der Waals surface area contributed by atoms with Gasteiger partial charge in [0.15, 0.2) is 5.76 Å². The Morgan fingerprint density at radius 3 is 2.48 bits per heavy atom. The van der Waals surface area contributed by atoms with Crippen molar-refractivity contribution in [3.05, 3.63) is 71.9 Å². The van der Waals surface area contributed by atoms with Gasteiger partial charge in [0.25, 0.3) is 0 Å². The number of rotatable bonds is 5. The molecule has 0 radical (unpaired) electrons. The Labute approximate surface area is 171 Å². The summed E-state index contributed by atoms with van der Waals surface area (Å²) in [5.74, 6) is 0.749. The fourth-order valence-corrected chi connectivity index (χ4v) is 5.03. The summed E-state index contributed by atoms with van der Waals surface area (Å²) >= 11 is 0. The molecule has 1 saturated heterocycles. The highest BCUT2D eigenvalue weighted by atomic mass is 32.2. The van der Waals surface area contributed by atoms with Crippen LogP contribution < -0.4 is 0 Å². The van der Waals surface area contributed by atoms with E-state index < -0.39 is 10.0 Å². The second-order valence-corrected chi connectivity index (χ2v) is 9.33. The number of sulfonamides is 1. The first kappa shape index (κ1) is 19.8. The molecule has 0 aliphatic carbocycles. The number of nitrogens with zero attached hydrogens (tertiary/aromatic N) is 3. The highest BCUT2D eigenvalue weighted by molar-refractivity contribution is 7.89. The first-order chi connectivity index (χ1) is 14.0. The van der Waals surface area contributed by atoms with Gasteiger partial charge in [-0.2, -0.15) is 4.31 Å². The van der Waals surface area contributed by atoms with Gasteiger partial charge in [-0.3, -0.25) is 4.90 Å². The lowest BCUT2D eigenvalue weighted by molar-refractivity contribution is 0.269. The van der Waals surface area contributed by atoms with Gasteiger partial charge in [0.2, 0.25) is 10.0 Å². The van der Waals surface area contributed by atoms with Gasteiger partial charge in [0.05, 0.1) is 10.6 Å². The number of aromatic nitrogens is 1. The van der Waals surface area contributed by atoms with E-state index in [0.29, 0.717) is 31.1 Å². The van der Waals surface area contributed by atoms with Gasteiger partial charge in [0.1, 0.15) is 0 Å². The van der Waals surface area contributed by atoms with Crippen LogP contribution in [0, 0.1) is 6.92 Å². The molecule has 0 spiro atoms. The second-order valence-electron chi connectivity index (χ2n) is 7.40. The van der Waals surface area contributed by atoms with E-state index in [1.807, 2.05) is 55.5 Å². The van der Waals surface area contributed by atoms with E-state index >= 15 is 0 Å². The summed E-state index contributed by atoms with van der Waals surface area (Å²) in [6, 6.07) is 18.9. The Bertz CT molecular complexity index is 1050. The van der Waals surface area contributed by atoms with Crippen molar-refractivity contribution in [3.8, 4) is 11.3 Å². The maximum absolute atomic E-state index is 13.0. The van der Waals surface area contributed by atoms with E-state index in [9.17, 15) is 8.42 Å². The summed E-state index contributed by atoms with van der Waals surface area (Å²) in [4.78, 5) is 2.60. The molecule has 0 unspecified atom stereocenters. The number of benzene rings is 2. The molecular formula is C22H25N3O3S. The first-order valence-electron chi connectivity index (χ1n) is 9.82. The molecule has 2 heterocycles. The van der Waals surface area contributed by atoms with Crippen LogP contribution in [0.4, 0.5) is 0 Å². The molecule has 2 aromatic carbocycles. The third-order valence-electron chi connectivity index (χ3n) is 5.21. The third-order valence-corrected chi connectivity index (χ3v) is 7.12. The summed E-state index contributed by atoms with van der Waals surface area (Å²) in [5, 5.41) is 4.19. The molecule has 0 N–H and O–H groups in total. The van der Waals surface area contributed by atoms with Crippen molar-refractivity contribution in [3.63, 3.8) is 0 Å². The molecule has 4 rings (SSSR count). The molecule has 7 heteroatoms. The fraction of sp³-hybridized carbons (Fsp3) is 0.318. The van der Waals surface area contributed by atoms with Crippen molar-refractivity contribution in [1.82, 2.24) is 14.4 Å². The molecule has 0 saturated carbocycles. The van der Waals surface area contributed by atoms with Gasteiger partial charge < -0.3 is 4.52 Å². The summed E-state index contributed by atoms with van der Waals surface area (Å²) in [6.07, 6.45) is 0.786. The van der Waals surface area contributed by atoms with E-state index in [-0.39, 0.29) is 0 Å². The quantitative estimate of drug-likeness (QED) is 0.642. The van der Waals surface area contributed by atoms with Crippen LogP contribution in [0.5, 0.6) is 0 Å². The van der Waals surface area contributed by atoms with Crippen molar-refractivity contribution in [2.45, 2.75) is 24.8 Å². The second kappa shape index (κ2) is 8.49. The van der Waals surface area contributed by atoms with Gasteiger partial charge >= 0.3 is 0 Å². The molecule has 3 aromatic rings. The summed E-state index contributed by atoms with van der Waals surface area (Å²) in [7, 11) is -3.46. The minimum atomic E-state index is -3.46. The summed E-state index contributed by atoms with van der Waals surface area (Å²) in [5.41, 5.74) is 2.91. The van der Waals surface area contributed by atoms with Gasteiger partial charge in [-0.15, -0.1) is 0 Å². The van der Waals surface area contributed by atoms with E-state index in [1.54, 1.807) is 16.4 Å². The molecule has 1 aromatic heterocycles. The molecule has 0 atom stereocenters. The predicted molar refractivity (Wildman–Crippen MR) is 112 cm³/mol. The highest BCUT2D eigenvalue weighted by Gasteiger charge is 2.27. The van der Waals surface area contributed by atoms with E-state index in [1.165, 1.54) is 0 Å². The Kier molecular flexibility index (Phi) is 5.80. The molecule has 0 amide bonds. The van der Waals surface area contributed by atoms with Gasteiger partial charge in [-0.05, 0) is 32.0 Å². The Morgan fingerprint density at radius 1 is 0.966 bits per heavy atom. The van der Waals surface area contributed by atoms with Gasteiger partial charge in [0, 0.05) is 37.8 Å². The zero-order chi connectivity index (χ0) is 20.3.